The Morgan fingerprint density at radius 2 is 1.69 bits per heavy atom. The van der Waals surface area contributed by atoms with Gasteiger partial charge in [0.05, 0.1) is 6.57 Å². The van der Waals surface area contributed by atoms with E-state index in [0.29, 0.717) is 11.4 Å². The topological polar surface area (TPSA) is 13.6 Å². The van der Waals surface area contributed by atoms with Crippen molar-refractivity contribution in [1.29, 1.82) is 0 Å². The van der Waals surface area contributed by atoms with Crippen LogP contribution in [0.4, 0.5) is 5.69 Å². The van der Waals surface area contributed by atoms with Crippen LogP contribution in [0.25, 0.3) is 4.85 Å². The van der Waals surface area contributed by atoms with Crippen molar-refractivity contribution in [2.75, 3.05) is 0 Å². The molecule has 2 nitrogen and oxygen atoms in total. The average Bonchev–Trinajstić information content (AvgIpc) is 2.29. The van der Waals surface area contributed by atoms with Gasteiger partial charge in [0, 0.05) is 0 Å². The normalized spacial score (nSPS) is 9.50. The van der Waals surface area contributed by atoms with Gasteiger partial charge in [-0.2, -0.15) is 0 Å². The lowest BCUT2D eigenvalue weighted by Gasteiger charge is -2.06. The molecule has 0 aliphatic rings. The largest absolute Gasteiger partial charge is 0.459 e. The van der Waals surface area contributed by atoms with Crippen molar-refractivity contribution < 1.29 is 4.74 Å². The van der Waals surface area contributed by atoms with E-state index in [1.807, 2.05) is 43.3 Å². The number of hydrogen-bond donors (Lipinski definition) is 0. The molecule has 0 atom stereocenters. The molecule has 2 heteroatoms. The molecule has 0 spiro atoms. The summed E-state index contributed by atoms with van der Waals surface area (Å²) in [7, 11) is 0. The molecule has 0 bridgehead atoms. The van der Waals surface area contributed by atoms with Crippen molar-refractivity contribution in [2.24, 2.45) is 0 Å². The van der Waals surface area contributed by atoms with E-state index in [4.69, 9.17) is 11.3 Å². The van der Waals surface area contributed by atoms with Gasteiger partial charge in [-0.15, -0.1) is 0 Å². The van der Waals surface area contributed by atoms with Crippen LogP contribution < -0.4 is 4.74 Å². The molecule has 0 saturated heterocycles. The van der Waals surface area contributed by atoms with Gasteiger partial charge in [-0.05, 0) is 36.8 Å². The van der Waals surface area contributed by atoms with Crippen LogP contribution in [-0.4, -0.2) is 0 Å². The average molecular weight is 209 g/mol. The van der Waals surface area contributed by atoms with Crippen molar-refractivity contribution in [2.45, 2.75) is 6.92 Å². The van der Waals surface area contributed by atoms with E-state index in [-0.39, 0.29) is 0 Å². The van der Waals surface area contributed by atoms with Crippen LogP contribution in [0.1, 0.15) is 5.56 Å². The van der Waals surface area contributed by atoms with Gasteiger partial charge in [0.2, 0.25) is 0 Å². The lowest BCUT2D eigenvalue weighted by molar-refractivity contribution is 0.482. The Balaban J connectivity index is 2.24. The Bertz CT molecular complexity index is 540. The van der Waals surface area contributed by atoms with Crippen molar-refractivity contribution in [3.8, 4) is 11.5 Å². The Morgan fingerprint density at radius 1 is 1.00 bits per heavy atom. The third kappa shape index (κ3) is 2.40. The molecule has 0 aliphatic carbocycles. The molecule has 0 fully saturated rings. The van der Waals surface area contributed by atoms with Crippen LogP contribution in [0, 0.1) is 13.5 Å². The number of rotatable bonds is 2. The predicted octanol–water partition coefficient (Wildman–Crippen LogP) is 4.34. The Kier molecular flexibility index (Phi) is 2.88. The highest BCUT2D eigenvalue weighted by atomic mass is 16.5. The summed E-state index contributed by atoms with van der Waals surface area (Å²) in [6, 6.07) is 15.0. The molecule has 2 rings (SSSR count). The van der Waals surface area contributed by atoms with Crippen molar-refractivity contribution in [1.82, 2.24) is 0 Å². The molecule has 0 radical (unpaired) electrons. The van der Waals surface area contributed by atoms with E-state index < -0.39 is 0 Å². The summed E-state index contributed by atoms with van der Waals surface area (Å²) < 4.78 is 5.66. The second kappa shape index (κ2) is 4.50. The molecule has 78 valence electrons. The number of ether oxygens (including phenoxy) is 1. The zero-order valence-electron chi connectivity index (χ0n) is 8.97. The van der Waals surface area contributed by atoms with E-state index >= 15 is 0 Å². The van der Waals surface area contributed by atoms with E-state index in [9.17, 15) is 0 Å². The van der Waals surface area contributed by atoms with Gasteiger partial charge in [-0.1, -0.05) is 24.3 Å². The SMILES string of the molecule is [C-]#[N+]c1cccc(Oc2cccc(C)c2)c1. The van der Waals surface area contributed by atoms with E-state index in [2.05, 4.69) is 4.85 Å². The molecule has 0 amide bonds. The summed E-state index contributed by atoms with van der Waals surface area (Å²) in [4.78, 5) is 3.36. The first-order chi connectivity index (χ1) is 7.78. The molecule has 0 heterocycles. The maximum Gasteiger partial charge on any atom is 0.190 e. The zero-order valence-corrected chi connectivity index (χ0v) is 8.97. The minimum Gasteiger partial charge on any atom is -0.459 e. The second-order valence-electron chi connectivity index (χ2n) is 3.53. The third-order valence-corrected chi connectivity index (χ3v) is 2.17. The quantitative estimate of drug-likeness (QED) is 0.671. The fourth-order valence-corrected chi connectivity index (χ4v) is 1.43. The molecule has 0 aromatic heterocycles. The van der Waals surface area contributed by atoms with Crippen molar-refractivity contribution >= 4 is 5.69 Å². The summed E-state index contributed by atoms with van der Waals surface area (Å²) in [6.45, 7) is 8.94. The molecule has 0 saturated carbocycles. The number of aryl methyl sites for hydroxylation is 1. The lowest BCUT2D eigenvalue weighted by Crippen LogP contribution is -1.83. The molecular weight excluding hydrogens is 198 g/mol. The molecule has 2 aromatic rings. The smallest absolute Gasteiger partial charge is 0.190 e. The van der Waals surface area contributed by atoms with Gasteiger partial charge in [0.1, 0.15) is 11.5 Å². The summed E-state index contributed by atoms with van der Waals surface area (Å²) in [6.07, 6.45) is 0. The zero-order chi connectivity index (χ0) is 11.4. The second-order valence-corrected chi connectivity index (χ2v) is 3.53. The fraction of sp³-hybridized carbons (Fsp3) is 0.0714. The van der Waals surface area contributed by atoms with Crippen LogP contribution in [0.15, 0.2) is 48.5 Å². The van der Waals surface area contributed by atoms with Gasteiger partial charge < -0.3 is 4.74 Å². The highest BCUT2D eigenvalue weighted by molar-refractivity contribution is 5.49. The number of hydrogen-bond acceptors (Lipinski definition) is 1. The molecule has 16 heavy (non-hydrogen) atoms. The van der Waals surface area contributed by atoms with Crippen LogP contribution >= 0.6 is 0 Å². The van der Waals surface area contributed by atoms with E-state index in [1.54, 1.807) is 12.1 Å². The van der Waals surface area contributed by atoms with E-state index in [1.165, 1.54) is 0 Å². The van der Waals surface area contributed by atoms with Crippen LogP contribution in [0.3, 0.4) is 0 Å². The molecule has 0 N–H and O–H groups in total. The van der Waals surface area contributed by atoms with Gasteiger partial charge in [-0.25, -0.2) is 4.85 Å². The monoisotopic (exact) mass is 209 g/mol. The number of nitrogens with zero attached hydrogens (tertiary/aromatic N) is 1. The third-order valence-electron chi connectivity index (χ3n) is 2.17. The molecular formula is C14H11NO. The number of benzene rings is 2. The Morgan fingerprint density at radius 3 is 2.38 bits per heavy atom. The van der Waals surface area contributed by atoms with Gasteiger partial charge in [0.25, 0.3) is 0 Å². The van der Waals surface area contributed by atoms with Crippen molar-refractivity contribution in [3.63, 3.8) is 0 Å². The highest BCUT2D eigenvalue weighted by Crippen LogP contribution is 2.25. The first-order valence-corrected chi connectivity index (χ1v) is 5.00. The molecule has 2 aromatic carbocycles. The van der Waals surface area contributed by atoms with Gasteiger partial charge >= 0.3 is 0 Å². The van der Waals surface area contributed by atoms with Crippen LogP contribution in [-0.2, 0) is 0 Å². The minimum absolute atomic E-state index is 0.588. The molecule has 0 unspecified atom stereocenters. The lowest BCUT2D eigenvalue weighted by atomic mass is 10.2. The summed E-state index contributed by atoms with van der Waals surface area (Å²) >= 11 is 0. The first-order valence-electron chi connectivity index (χ1n) is 5.00. The van der Waals surface area contributed by atoms with Gasteiger partial charge in [0.15, 0.2) is 5.69 Å². The van der Waals surface area contributed by atoms with Crippen LogP contribution in [0.5, 0.6) is 11.5 Å². The summed E-state index contributed by atoms with van der Waals surface area (Å²) in [5.74, 6) is 1.49. The van der Waals surface area contributed by atoms with Gasteiger partial charge in [-0.3, -0.25) is 0 Å². The standard InChI is InChI=1S/C14H11NO/c1-11-5-3-7-13(9-11)16-14-8-4-6-12(10-14)15-2/h3-10H,1H3. The minimum atomic E-state index is 0.588. The highest BCUT2D eigenvalue weighted by Gasteiger charge is 1.98. The predicted molar refractivity (Wildman–Crippen MR) is 64.0 cm³/mol. The first kappa shape index (κ1) is 10.3. The van der Waals surface area contributed by atoms with Crippen molar-refractivity contribution in [3.05, 3.63) is 65.5 Å². The summed E-state index contributed by atoms with van der Waals surface area (Å²) in [5, 5.41) is 0. The Labute approximate surface area is 94.9 Å². The Hall–Kier alpha value is -2.27. The maximum atomic E-state index is 6.92. The van der Waals surface area contributed by atoms with Crippen LogP contribution in [0.2, 0.25) is 0 Å². The fourth-order valence-electron chi connectivity index (χ4n) is 1.43. The maximum absolute atomic E-state index is 6.92. The molecule has 0 aliphatic heterocycles. The van der Waals surface area contributed by atoms with E-state index in [0.717, 1.165) is 11.3 Å². The summed E-state index contributed by atoms with van der Waals surface area (Å²) in [5.41, 5.74) is 1.74.